The van der Waals surface area contributed by atoms with Gasteiger partial charge in [0.2, 0.25) is 0 Å². The van der Waals surface area contributed by atoms with Crippen LogP contribution in [-0.2, 0) is 9.53 Å². The van der Waals surface area contributed by atoms with E-state index in [4.69, 9.17) is 4.74 Å². The smallest absolute Gasteiger partial charge is 0.306 e. The quantitative estimate of drug-likeness (QED) is 0.122. The van der Waals surface area contributed by atoms with Crippen molar-refractivity contribution in [1.82, 2.24) is 0 Å². The average Bonchev–Trinajstić information content (AvgIpc) is 2.73. The zero-order valence-electron chi connectivity index (χ0n) is 24.4. The second-order valence-corrected chi connectivity index (χ2v) is 11.9. The van der Waals surface area contributed by atoms with Gasteiger partial charge in [-0.15, -0.1) is 0 Å². The number of carbonyl (C=O) groups is 1. The van der Waals surface area contributed by atoms with Crippen molar-refractivity contribution in [2.45, 2.75) is 145 Å². The monoisotopic (exact) mass is 476 g/mol. The van der Waals surface area contributed by atoms with Crippen molar-refractivity contribution in [2.24, 2.45) is 23.7 Å². The van der Waals surface area contributed by atoms with E-state index in [0.29, 0.717) is 18.9 Å². The molecule has 3 atom stereocenters. The maximum atomic E-state index is 12.0. The number of hydrogen-bond donors (Lipinski definition) is 0. The van der Waals surface area contributed by atoms with E-state index in [0.717, 1.165) is 43.4 Å². The average molecular weight is 477 g/mol. The van der Waals surface area contributed by atoms with Gasteiger partial charge in [-0.2, -0.15) is 0 Å². The minimum absolute atomic E-state index is 0.0485. The lowest BCUT2D eigenvalue weighted by atomic mass is 9.91. The molecule has 0 radical (unpaired) electrons. The van der Waals surface area contributed by atoms with E-state index in [1.807, 2.05) is 0 Å². The van der Waals surface area contributed by atoms with Gasteiger partial charge in [0.15, 0.2) is 0 Å². The summed E-state index contributed by atoms with van der Waals surface area (Å²) in [6.07, 6.45) is 21.3. The molecule has 2 heteroatoms. The van der Waals surface area contributed by atoms with E-state index in [1.165, 1.54) is 68.9 Å². The molecule has 0 N–H and O–H groups in total. The lowest BCUT2D eigenvalue weighted by molar-refractivity contribution is -0.142. The molecular formula is C32H60O2. The molecule has 0 fully saturated rings. The summed E-state index contributed by atoms with van der Waals surface area (Å²) in [4.78, 5) is 12.0. The van der Waals surface area contributed by atoms with Gasteiger partial charge in [0.05, 0.1) is 0 Å². The van der Waals surface area contributed by atoms with Gasteiger partial charge in [0, 0.05) is 6.42 Å². The van der Waals surface area contributed by atoms with Crippen molar-refractivity contribution in [3.63, 3.8) is 0 Å². The van der Waals surface area contributed by atoms with Gasteiger partial charge in [0.1, 0.15) is 6.61 Å². The first kappa shape index (κ1) is 33.0. The first-order valence-corrected chi connectivity index (χ1v) is 14.5. The summed E-state index contributed by atoms with van der Waals surface area (Å²) >= 11 is 0. The molecule has 0 saturated carbocycles. The summed E-state index contributed by atoms with van der Waals surface area (Å²) in [7, 11) is 0. The third kappa shape index (κ3) is 22.7. The van der Waals surface area contributed by atoms with Crippen molar-refractivity contribution in [3.8, 4) is 0 Å². The Labute approximate surface area is 214 Å². The van der Waals surface area contributed by atoms with Gasteiger partial charge < -0.3 is 4.74 Å². The third-order valence-corrected chi connectivity index (χ3v) is 7.11. The Hall–Kier alpha value is -1.05. The van der Waals surface area contributed by atoms with Crippen molar-refractivity contribution < 1.29 is 9.53 Å². The molecule has 0 aliphatic heterocycles. The van der Waals surface area contributed by atoms with Crippen LogP contribution in [0.1, 0.15) is 145 Å². The number of rotatable bonds is 21. The van der Waals surface area contributed by atoms with E-state index < -0.39 is 0 Å². The number of esters is 1. The Morgan fingerprint density at radius 1 is 0.647 bits per heavy atom. The zero-order chi connectivity index (χ0) is 25.8. The van der Waals surface area contributed by atoms with Crippen LogP contribution >= 0.6 is 0 Å². The van der Waals surface area contributed by atoms with Crippen molar-refractivity contribution in [3.05, 3.63) is 23.3 Å². The van der Waals surface area contributed by atoms with Crippen LogP contribution < -0.4 is 0 Å². The molecule has 2 nitrogen and oxygen atoms in total. The summed E-state index contributed by atoms with van der Waals surface area (Å²) < 4.78 is 5.43. The SMILES string of the molecule is CC(C)=CCCC(C)CCCC(=O)OC/C=C(/C)CCCC(C)CCCC(C)CCCC(C)C. The standard InChI is InChI=1S/C32H60O2/c1-26(2)14-9-16-28(5)18-11-19-30(7)20-12-21-31(8)24-25-34-32(33)23-13-22-29(6)17-10-15-27(3)4/h15,24,26,28-30H,9-14,16-23,25H2,1-8H3/b31-24-. The fourth-order valence-corrected chi connectivity index (χ4v) is 4.55. The van der Waals surface area contributed by atoms with E-state index in [1.54, 1.807) is 0 Å². The van der Waals surface area contributed by atoms with Gasteiger partial charge in [-0.1, -0.05) is 103 Å². The number of hydrogen-bond acceptors (Lipinski definition) is 2. The van der Waals surface area contributed by atoms with Gasteiger partial charge in [0.25, 0.3) is 0 Å². The van der Waals surface area contributed by atoms with Gasteiger partial charge >= 0.3 is 5.97 Å². The number of allylic oxidation sites excluding steroid dienone is 3. The maximum Gasteiger partial charge on any atom is 0.306 e. The van der Waals surface area contributed by atoms with Crippen LogP contribution in [-0.4, -0.2) is 12.6 Å². The van der Waals surface area contributed by atoms with E-state index in [9.17, 15) is 4.79 Å². The first-order valence-electron chi connectivity index (χ1n) is 14.5. The van der Waals surface area contributed by atoms with Crippen molar-refractivity contribution in [1.29, 1.82) is 0 Å². The highest BCUT2D eigenvalue weighted by Gasteiger charge is 2.08. The Balaban J connectivity index is 3.76. The molecule has 0 aromatic heterocycles. The molecule has 0 aliphatic carbocycles. The molecule has 3 unspecified atom stereocenters. The summed E-state index contributed by atoms with van der Waals surface area (Å²) in [5.41, 5.74) is 2.74. The Morgan fingerprint density at radius 2 is 1.15 bits per heavy atom. The van der Waals surface area contributed by atoms with Gasteiger partial charge in [-0.3, -0.25) is 4.79 Å². The third-order valence-electron chi connectivity index (χ3n) is 7.11. The topological polar surface area (TPSA) is 26.3 Å². The number of ether oxygens (including phenoxy) is 1. The fraction of sp³-hybridized carbons (Fsp3) is 0.844. The van der Waals surface area contributed by atoms with Crippen LogP contribution in [0, 0.1) is 23.7 Å². The van der Waals surface area contributed by atoms with Gasteiger partial charge in [-0.25, -0.2) is 0 Å². The molecule has 34 heavy (non-hydrogen) atoms. The van der Waals surface area contributed by atoms with E-state index in [2.05, 4.69) is 67.5 Å². The Kier molecular flexibility index (Phi) is 20.6. The molecule has 0 saturated heterocycles. The lowest BCUT2D eigenvalue weighted by Gasteiger charge is -2.15. The first-order chi connectivity index (χ1) is 16.1. The number of carbonyl (C=O) groups excluding carboxylic acids is 1. The van der Waals surface area contributed by atoms with Crippen LogP contribution in [0.5, 0.6) is 0 Å². The Morgan fingerprint density at radius 3 is 1.71 bits per heavy atom. The predicted molar refractivity (Wildman–Crippen MR) is 151 cm³/mol. The Bertz CT molecular complexity index is 553. The molecule has 200 valence electrons. The normalized spacial score (nSPS) is 14.7. The minimum Gasteiger partial charge on any atom is -0.461 e. The molecule has 0 amide bonds. The highest BCUT2D eigenvalue weighted by atomic mass is 16.5. The molecule has 0 heterocycles. The minimum atomic E-state index is -0.0485. The van der Waals surface area contributed by atoms with E-state index in [-0.39, 0.29) is 5.97 Å². The summed E-state index contributed by atoms with van der Waals surface area (Å²) in [5, 5.41) is 0. The zero-order valence-corrected chi connectivity index (χ0v) is 24.4. The summed E-state index contributed by atoms with van der Waals surface area (Å²) in [5.74, 6) is 3.17. The lowest BCUT2D eigenvalue weighted by Crippen LogP contribution is -2.06. The predicted octanol–water partition coefficient (Wildman–Crippen LogP) is 10.5. The second-order valence-electron chi connectivity index (χ2n) is 11.9. The highest BCUT2D eigenvalue weighted by Crippen LogP contribution is 2.22. The fourth-order valence-electron chi connectivity index (χ4n) is 4.55. The van der Waals surface area contributed by atoms with Crippen LogP contribution in [0.4, 0.5) is 0 Å². The molecule has 0 aliphatic rings. The van der Waals surface area contributed by atoms with E-state index >= 15 is 0 Å². The molecular weight excluding hydrogens is 416 g/mol. The van der Waals surface area contributed by atoms with Gasteiger partial charge in [-0.05, 0) is 82.6 Å². The largest absolute Gasteiger partial charge is 0.461 e. The molecule has 0 spiro atoms. The summed E-state index contributed by atoms with van der Waals surface area (Å²) in [6.45, 7) is 18.7. The van der Waals surface area contributed by atoms with Crippen LogP contribution in [0.25, 0.3) is 0 Å². The highest BCUT2D eigenvalue weighted by molar-refractivity contribution is 5.69. The molecule has 0 rings (SSSR count). The van der Waals surface area contributed by atoms with Crippen molar-refractivity contribution in [2.75, 3.05) is 6.61 Å². The molecule has 0 aromatic rings. The maximum absolute atomic E-state index is 12.0. The van der Waals surface area contributed by atoms with Crippen LogP contribution in [0.15, 0.2) is 23.3 Å². The molecule has 0 bridgehead atoms. The van der Waals surface area contributed by atoms with Crippen LogP contribution in [0.2, 0.25) is 0 Å². The second kappa shape index (κ2) is 21.3. The van der Waals surface area contributed by atoms with Crippen LogP contribution in [0.3, 0.4) is 0 Å². The summed E-state index contributed by atoms with van der Waals surface area (Å²) in [6, 6.07) is 0. The molecule has 0 aromatic carbocycles. The van der Waals surface area contributed by atoms with Crippen molar-refractivity contribution >= 4 is 5.97 Å².